The molecule has 1 aliphatic carbocycles. The number of nitrogens with two attached hydrogens (primary N) is 1. The van der Waals surface area contributed by atoms with Gasteiger partial charge in [-0.1, -0.05) is 18.0 Å². The first kappa shape index (κ1) is 12.7. The second-order valence-corrected chi connectivity index (χ2v) is 5.70. The Morgan fingerprint density at radius 3 is 2.95 bits per heavy atom. The first-order valence-electron chi connectivity index (χ1n) is 6.46. The normalized spacial score (nSPS) is 23.5. The van der Waals surface area contributed by atoms with Crippen LogP contribution in [-0.2, 0) is 0 Å². The zero-order valence-electron chi connectivity index (χ0n) is 10.4. The number of hydrogen-bond donors (Lipinski definition) is 1. The maximum absolute atomic E-state index is 6.14. The highest BCUT2D eigenvalue weighted by atomic mass is 79.9. The summed E-state index contributed by atoms with van der Waals surface area (Å²) in [4.78, 5) is 8.73. The fourth-order valence-electron chi connectivity index (χ4n) is 2.50. The van der Waals surface area contributed by atoms with Crippen LogP contribution in [0.15, 0.2) is 27.3 Å². The van der Waals surface area contributed by atoms with Gasteiger partial charge in [0.1, 0.15) is 5.69 Å². The zero-order chi connectivity index (χ0) is 13.2. The van der Waals surface area contributed by atoms with Gasteiger partial charge in [0.15, 0.2) is 0 Å². The molecule has 2 aromatic heterocycles. The van der Waals surface area contributed by atoms with Crippen LogP contribution in [0.25, 0.3) is 11.5 Å². The van der Waals surface area contributed by atoms with Crippen LogP contribution in [0.3, 0.4) is 0 Å². The third-order valence-corrected chi connectivity index (χ3v) is 4.19. The zero-order valence-corrected chi connectivity index (χ0v) is 12.0. The predicted octanol–water partition coefficient (Wildman–Crippen LogP) is 2.88. The van der Waals surface area contributed by atoms with Gasteiger partial charge >= 0.3 is 0 Å². The van der Waals surface area contributed by atoms with Crippen LogP contribution in [0.5, 0.6) is 0 Å². The molecule has 0 bridgehead atoms. The third-order valence-electron chi connectivity index (χ3n) is 3.55. The fraction of sp³-hybridized carbons (Fsp3) is 0.462. The van der Waals surface area contributed by atoms with E-state index in [1.165, 1.54) is 12.8 Å². The number of pyridine rings is 1. The van der Waals surface area contributed by atoms with Crippen LogP contribution in [-0.4, -0.2) is 21.2 Å². The minimum absolute atomic E-state index is 0.120. The van der Waals surface area contributed by atoms with Gasteiger partial charge in [-0.05, 0) is 40.9 Å². The molecule has 3 rings (SSSR count). The van der Waals surface area contributed by atoms with Crippen LogP contribution in [0, 0.1) is 0 Å². The van der Waals surface area contributed by atoms with Crippen LogP contribution < -0.4 is 5.73 Å². The fourth-order valence-corrected chi connectivity index (χ4v) is 2.93. The van der Waals surface area contributed by atoms with Crippen molar-refractivity contribution in [1.82, 2.24) is 15.1 Å². The van der Waals surface area contributed by atoms with Crippen molar-refractivity contribution in [3.8, 4) is 11.5 Å². The highest BCUT2D eigenvalue weighted by Crippen LogP contribution is 2.32. The molecule has 6 heteroatoms. The molecule has 1 fully saturated rings. The highest BCUT2D eigenvalue weighted by Gasteiger charge is 2.28. The molecule has 2 N–H and O–H groups in total. The lowest BCUT2D eigenvalue weighted by Gasteiger charge is -2.25. The van der Waals surface area contributed by atoms with Crippen molar-refractivity contribution in [3.05, 3.63) is 28.7 Å². The molecule has 19 heavy (non-hydrogen) atoms. The second kappa shape index (κ2) is 5.38. The van der Waals surface area contributed by atoms with Gasteiger partial charge in [0.25, 0.3) is 0 Å². The summed E-state index contributed by atoms with van der Waals surface area (Å²) in [7, 11) is 0. The van der Waals surface area contributed by atoms with Crippen molar-refractivity contribution in [2.45, 2.75) is 37.6 Å². The molecule has 1 aliphatic rings. The molecule has 0 saturated heterocycles. The highest BCUT2D eigenvalue weighted by molar-refractivity contribution is 9.10. The molecule has 0 aliphatic heterocycles. The Hall–Kier alpha value is -1.27. The molecular formula is C13H15BrN4O. The van der Waals surface area contributed by atoms with E-state index >= 15 is 0 Å². The lowest BCUT2D eigenvalue weighted by atomic mass is 9.85. The summed E-state index contributed by atoms with van der Waals surface area (Å²) in [5.74, 6) is 1.33. The topological polar surface area (TPSA) is 77.8 Å². The van der Waals surface area contributed by atoms with E-state index in [0.29, 0.717) is 17.4 Å². The quantitative estimate of drug-likeness (QED) is 0.919. The standard InChI is InChI=1S/C13H15BrN4O/c14-9-5-3-7-16-11(9)12-17-13(19-18-12)8-4-1-2-6-10(8)15/h3,5,7-8,10H,1-2,4,6,15H2. The average molecular weight is 323 g/mol. The molecular weight excluding hydrogens is 308 g/mol. The van der Waals surface area contributed by atoms with Crippen molar-refractivity contribution in [2.24, 2.45) is 5.73 Å². The summed E-state index contributed by atoms with van der Waals surface area (Å²) in [6.45, 7) is 0. The number of nitrogens with zero attached hydrogens (tertiary/aromatic N) is 3. The molecule has 0 radical (unpaired) electrons. The van der Waals surface area contributed by atoms with Gasteiger partial charge in [-0.3, -0.25) is 4.98 Å². The van der Waals surface area contributed by atoms with Gasteiger partial charge in [-0.2, -0.15) is 4.98 Å². The molecule has 0 spiro atoms. The summed E-state index contributed by atoms with van der Waals surface area (Å²) in [6.07, 6.45) is 6.11. The molecule has 5 nitrogen and oxygen atoms in total. The summed E-state index contributed by atoms with van der Waals surface area (Å²) in [5, 5.41) is 4.02. The molecule has 0 amide bonds. The Kier molecular flexibility index (Phi) is 3.61. The van der Waals surface area contributed by atoms with Crippen LogP contribution in [0.2, 0.25) is 0 Å². The Bertz CT molecular complexity index is 571. The Labute approximate surface area is 119 Å². The van der Waals surface area contributed by atoms with E-state index in [4.69, 9.17) is 10.3 Å². The number of hydrogen-bond acceptors (Lipinski definition) is 5. The molecule has 0 aromatic carbocycles. The van der Waals surface area contributed by atoms with E-state index in [1.54, 1.807) is 6.20 Å². The molecule has 2 atom stereocenters. The van der Waals surface area contributed by atoms with Crippen LogP contribution in [0.1, 0.15) is 37.5 Å². The van der Waals surface area contributed by atoms with Gasteiger partial charge in [0.2, 0.25) is 11.7 Å². The van der Waals surface area contributed by atoms with E-state index in [0.717, 1.165) is 17.3 Å². The number of rotatable bonds is 2. The van der Waals surface area contributed by atoms with E-state index in [9.17, 15) is 0 Å². The van der Waals surface area contributed by atoms with Crippen LogP contribution >= 0.6 is 15.9 Å². The van der Waals surface area contributed by atoms with E-state index < -0.39 is 0 Å². The van der Waals surface area contributed by atoms with Gasteiger partial charge in [0.05, 0.1) is 5.92 Å². The van der Waals surface area contributed by atoms with E-state index in [2.05, 4.69) is 31.1 Å². The molecule has 2 heterocycles. The summed E-state index contributed by atoms with van der Waals surface area (Å²) < 4.78 is 6.24. The maximum atomic E-state index is 6.14. The molecule has 2 aromatic rings. The predicted molar refractivity (Wildman–Crippen MR) is 74.4 cm³/mol. The summed E-state index contributed by atoms with van der Waals surface area (Å²) >= 11 is 3.44. The van der Waals surface area contributed by atoms with Crippen molar-refractivity contribution in [2.75, 3.05) is 0 Å². The maximum Gasteiger partial charge on any atom is 0.231 e. The van der Waals surface area contributed by atoms with Crippen molar-refractivity contribution < 1.29 is 4.52 Å². The Morgan fingerprint density at radius 2 is 2.16 bits per heavy atom. The van der Waals surface area contributed by atoms with Crippen LogP contribution in [0.4, 0.5) is 0 Å². The summed E-state index contributed by atoms with van der Waals surface area (Å²) in [5.41, 5.74) is 6.83. The minimum atomic E-state index is 0.120. The monoisotopic (exact) mass is 322 g/mol. The SMILES string of the molecule is NC1CCCCC1c1nc(-c2ncccc2Br)no1. The van der Waals surface area contributed by atoms with Crippen molar-refractivity contribution >= 4 is 15.9 Å². The number of halogens is 1. The minimum Gasteiger partial charge on any atom is -0.339 e. The lowest BCUT2D eigenvalue weighted by Crippen LogP contribution is -2.31. The van der Waals surface area contributed by atoms with Crippen molar-refractivity contribution in [1.29, 1.82) is 0 Å². The van der Waals surface area contributed by atoms with E-state index in [-0.39, 0.29) is 12.0 Å². The molecule has 2 unspecified atom stereocenters. The Balaban J connectivity index is 1.89. The first-order chi connectivity index (χ1) is 9.25. The second-order valence-electron chi connectivity index (χ2n) is 4.84. The lowest BCUT2D eigenvalue weighted by molar-refractivity contribution is 0.290. The summed E-state index contributed by atoms with van der Waals surface area (Å²) in [6, 6.07) is 3.88. The van der Waals surface area contributed by atoms with Gasteiger partial charge in [0, 0.05) is 16.7 Å². The molecule has 1 saturated carbocycles. The van der Waals surface area contributed by atoms with E-state index in [1.807, 2.05) is 12.1 Å². The largest absolute Gasteiger partial charge is 0.339 e. The Morgan fingerprint density at radius 1 is 1.32 bits per heavy atom. The molecule has 100 valence electrons. The van der Waals surface area contributed by atoms with Gasteiger partial charge in [-0.15, -0.1) is 0 Å². The van der Waals surface area contributed by atoms with Gasteiger partial charge in [-0.25, -0.2) is 0 Å². The smallest absolute Gasteiger partial charge is 0.231 e. The third kappa shape index (κ3) is 2.55. The van der Waals surface area contributed by atoms with Gasteiger partial charge < -0.3 is 10.3 Å². The average Bonchev–Trinajstić information content (AvgIpc) is 2.89. The number of aromatic nitrogens is 3. The van der Waals surface area contributed by atoms with Crippen molar-refractivity contribution in [3.63, 3.8) is 0 Å². The first-order valence-corrected chi connectivity index (χ1v) is 7.25.